The van der Waals surface area contributed by atoms with Gasteiger partial charge in [-0.3, -0.25) is 4.79 Å². The molecule has 2 N–H and O–H groups in total. The maximum absolute atomic E-state index is 11.9. The summed E-state index contributed by atoms with van der Waals surface area (Å²) in [6.07, 6.45) is 0. The van der Waals surface area contributed by atoms with Crippen LogP contribution in [0, 0.1) is 6.92 Å². The number of hydrazone groups is 1. The van der Waals surface area contributed by atoms with E-state index >= 15 is 0 Å². The number of hydrogen-bond donors (Lipinski definition) is 2. The highest BCUT2D eigenvalue weighted by Gasteiger charge is 2.28. The van der Waals surface area contributed by atoms with Crippen LogP contribution in [0.5, 0.6) is 5.88 Å². The summed E-state index contributed by atoms with van der Waals surface area (Å²) < 4.78 is 0. The second-order valence-electron chi connectivity index (χ2n) is 4.05. The van der Waals surface area contributed by atoms with Gasteiger partial charge in [-0.1, -0.05) is 0 Å². The summed E-state index contributed by atoms with van der Waals surface area (Å²) in [7, 11) is 1.61. The molecule has 2 heterocycles. The van der Waals surface area contributed by atoms with Crippen LogP contribution < -0.4 is 0 Å². The van der Waals surface area contributed by atoms with Gasteiger partial charge < -0.3 is 5.11 Å². The lowest BCUT2D eigenvalue weighted by atomic mass is 9.99. The fraction of sp³-hybridized carbons (Fsp3) is 0.364. The minimum absolute atomic E-state index is 0.0253. The van der Waals surface area contributed by atoms with Crippen molar-refractivity contribution in [1.29, 1.82) is 0 Å². The van der Waals surface area contributed by atoms with Crippen molar-refractivity contribution in [3.63, 3.8) is 0 Å². The Kier molecular flexibility index (Phi) is 2.49. The molecule has 0 fully saturated rings. The number of aryl methyl sites for hydroxylation is 1. The zero-order valence-electron chi connectivity index (χ0n) is 10.2. The van der Waals surface area contributed by atoms with Crippen molar-refractivity contribution in [1.82, 2.24) is 15.2 Å². The number of carbonyl (C=O) groups is 1. The Bertz CT molecular complexity index is 534. The maximum Gasteiger partial charge on any atom is 0.275 e. The first-order chi connectivity index (χ1) is 7.93. The smallest absolute Gasteiger partial charge is 0.275 e. The number of nitrogens with one attached hydrogen (secondary N) is 1. The van der Waals surface area contributed by atoms with Crippen LogP contribution in [-0.2, 0) is 4.79 Å². The van der Waals surface area contributed by atoms with E-state index in [1.807, 2.05) is 0 Å². The Morgan fingerprint density at radius 2 is 2.06 bits per heavy atom. The van der Waals surface area contributed by atoms with Gasteiger partial charge in [0.2, 0.25) is 5.88 Å². The van der Waals surface area contributed by atoms with E-state index in [0.717, 1.165) is 0 Å². The first-order valence-corrected chi connectivity index (χ1v) is 5.22. The van der Waals surface area contributed by atoms with Crippen molar-refractivity contribution in [2.24, 2.45) is 5.10 Å². The molecule has 0 atom stereocenters. The molecule has 0 aliphatic carbocycles. The van der Waals surface area contributed by atoms with Gasteiger partial charge in [-0.15, -0.1) is 0 Å². The van der Waals surface area contributed by atoms with Gasteiger partial charge in [0.15, 0.2) is 0 Å². The molecular weight excluding hydrogens is 220 g/mol. The molecule has 1 amide bonds. The van der Waals surface area contributed by atoms with E-state index in [2.05, 4.69) is 15.3 Å². The lowest BCUT2D eigenvalue weighted by Crippen LogP contribution is -2.17. The molecule has 90 valence electrons. The zero-order chi connectivity index (χ0) is 12.7. The van der Waals surface area contributed by atoms with Crippen molar-refractivity contribution < 1.29 is 9.90 Å². The molecule has 0 saturated heterocycles. The maximum atomic E-state index is 11.9. The molecule has 0 unspecified atom stereocenters. The summed E-state index contributed by atoms with van der Waals surface area (Å²) >= 11 is 0. The van der Waals surface area contributed by atoms with Gasteiger partial charge in [-0.2, -0.15) is 10.2 Å². The predicted octanol–water partition coefficient (Wildman–Crippen LogP) is 1.05. The summed E-state index contributed by atoms with van der Waals surface area (Å²) in [5.41, 5.74) is 3.08. The minimum Gasteiger partial charge on any atom is -0.493 e. The van der Waals surface area contributed by atoms with Crippen LogP contribution in [0.25, 0.3) is 5.57 Å². The van der Waals surface area contributed by atoms with Gasteiger partial charge in [-0.25, -0.2) is 10.1 Å². The van der Waals surface area contributed by atoms with Gasteiger partial charge in [0.05, 0.1) is 22.5 Å². The molecular formula is C11H14N4O2. The molecule has 1 aromatic rings. The molecule has 0 bridgehead atoms. The summed E-state index contributed by atoms with van der Waals surface area (Å²) in [5, 5.41) is 21.4. The third-order valence-corrected chi connectivity index (χ3v) is 2.85. The van der Waals surface area contributed by atoms with Gasteiger partial charge in [0.25, 0.3) is 5.91 Å². The van der Waals surface area contributed by atoms with Crippen LogP contribution in [0.1, 0.15) is 25.1 Å². The minimum atomic E-state index is -0.167. The van der Waals surface area contributed by atoms with Crippen molar-refractivity contribution >= 4 is 17.2 Å². The Morgan fingerprint density at radius 1 is 1.41 bits per heavy atom. The molecule has 0 aromatic carbocycles. The normalized spacial score (nSPS) is 18.7. The van der Waals surface area contributed by atoms with Crippen molar-refractivity contribution in [3.05, 3.63) is 16.8 Å². The summed E-state index contributed by atoms with van der Waals surface area (Å²) in [6.45, 7) is 5.32. The van der Waals surface area contributed by atoms with Gasteiger partial charge in [0, 0.05) is 7.05 Å². The molecule has 17 heavy (non-hydrogen) atoms. The average molecular weight is 234 g/mol. The fourth-order valence-electron chi connectivity index (χ4n) is 2.06. The van der Waals surface area contributed by atoms with E-state index in [-0.39, 0.29) is 11.8 Å². The second-order valence-corrected chi connectivity index (χ2v) is 4.05. The standard InChI is InChI=1S/C11H14N4O2/c1-5(8-6(2)12-13-10(8)16)9-7(3)14-15(4)11(9)17/h1-4H3,(H2,12,13,16). The van der Waals surface area contributed by atoms with E-state index in [9.17, 15) is 9.90 Å². The molecule has 0 radical (unpaired) electrons. The van der Waals surface area contributed by atoms with E-state index in [4.69, 9.17) is 0 Å². The highest BCUT2D eigenvalue weighted by molar-refractivity contribution is 6.28. The molecule has 1 aromatic heterocycles. The van der Waals surface area contributed by atoms with Gasteiger partial charge >= 0.3 is 0 Å². The van der Waals surface area contributed by atoms with Crippen LogP contribution in [0.3, 0.4) is 0 Å². The summed E-state index contributed by atoms with van der Waals surface area (Å²) in [6, 6.07) is 0. The number of aromatic amines is 1. The predicted molar refractivity (Wildman–Crippen MR) is 63.5 cm³/mol. The third kappa shape index (κ3) is 1.61. The monoisotopic (exact) mass is 234 g/mol. The lowest BCUT2D eigenvalue weighted by molar-refractivity contribution is -0.124. The first-order valence-electron chi connectivity index (χ1n) is 5.22. The Morgan fingerprint density at radius 3 is 2.47 bits per heavy atom. The number of aromatic hydroxyl groups is 1. The molecule has 1 aliphatic heterocycles. The number of likely N-dealkylation sites (N-methyl/N-ethyl adjacent to an activating group) is 1. The quantitative estimate of drug-likeness (QED) is 0.712. The van der Waals surface area contributed by atoms with Crippen LogP contribution in [0.4, 0.5) is 0 Å². The van der Waals surface area contributed by atoms with Gasteiger partial charge in [-0.05, 0) is 26.3 Å². The molecule has 1 aliphatic rings. The summed E-state index contributed by atoms with van der Waals surface area (Å²) in [4.78, 5) is 11.9. The average Bonchev–Trinajstić information content (AvgIpc) is 2.69. The third-order valence-electron chi connectivity index (χ3n) is 2.85. The number of amides is 1. The molecule has 0 saturated carbocycles. The highest BCUT2D eigenvalue weighted by atomic mass is 16.3. The number of nitrogens with zero attached hydrogens (tertiary/aromatic N) is 3. The Balaban J connectivity index is 2.61. The number of carbonyl (C=O) groups excluding carboxylic acids is 1. The fourth-order valence-corrected chi connectivity index (χ4v) is 2.06. The van der Waals surface area contributed by atoms with E-state index < -0.39 is 0 Å². The van der Waals surface area contributed by atoms with Crippen LogP contribution in [0.2, 0.25) is 0 Å². The van der Waals surface area contributed by atoms with Crippen LogP contribution >= 0.6 is 0 Å². The lowest BCUT2D eigenvalue weighted by Gasteiger charge is -2.06. The van der Waals surface area contributed by atoms with Crippen LogP contribution in [-0.4, -0.2) is 39.0 Å². The first kappa shape index (κ1) is 11.4. The molecule has 2 rings (SSSR count). The highest BCUT2D eigenvalue weighted by Crippen LogP contribution is 2.30. The van der Waals surface area contributed by atoms with Crippen LogP contribution in [0.15, 0.2) is 10.7 Å². The largest absolute Gasteiger partial charge is 0.493 e. The molecule has 6 heteroatoms. The number of aromatic nitrogens is 2. The van der Waals surface area contributed by atoms with E-state index in [0.29, 0.717) is 28.1 Å². The van der Waals surface area contributed by atoms with Crippen molar-refractivity contribution in [2.75, 3.05) is 7.05 Å². The molecule has 6 nitrogen and oxygen atoms in total. The van der Waals surface area contributed by atoms with Crippen molar-refractivity contribution in [2.45, 2.75) is 20.8 Å². The van der Waals surface area contributed by atoms with E-state index in [1.165, 1.54) is 5.01 Å². The number of hydrogen-bond acceptors (Lipinski definition) is 4. The number of allylic oxidation sites excluding steroid dienone is 1. The number of H-pyrrole nitrogens is 1. The zero-order valence-corrected chi connectivity index (χ0v) is 10.2. The Hall–Kier alpha value is -2.11. The van der Waals surface area contributed by atoms with Gasteiger partial charge in [0.1, 0.15) is 0 Å². The Labute approximate surface area is 98.6 Å². The van der Waals surface area contributed by atoms with E-state index in [1.54, 1.807) is 27.8 Å². The topological polar surface area (TPSA) is 81.6 Å². The number of rotatable bonds is 1. The second kappa shape index (κ2) is 3.73. The molecule has 0 spiro atoms. The SMILES string of the molecule is CC1=NN(C)C(=O)C1=C(C)c1c(C)n[nH]c1O. The van der Waals surface area contributed by atoms with Crippen molar-refractivity contribution in [3.8, 4) is 5.88 Å². The summed E-state index contributed by atoms with van der Waals surface area (Å²) in [5.74, 6) is -0.192.